The maximum Gasteiger partial charge on any atom is 0.412 e. The van der Waals surface area contributed by atoms with Crippen LogP contribution in [0.15, 0.2) is 12.3 Å². The average Bonchev–Trinajstić information content (AvgIpc) is 3.17. The maximum absolute atomic E-state index is 12.7. The van der Waals surface area contributed by atoms with Crippen molar-refractivity contribution in [3.8, 4) is 0 Å². The van der Waals surface area contributed by atoms with Crippen LogP contribution in [0, 0.1) is 5.92 Å². The van der Waals surface area contributed by atoms with Crippen LogP contribution in [0.3, 0.4) is 0 Å². The van der Waals surface area contributed by atoms with E-state index in [4.69, 9.17) is 18.9 Å². The molecule has 0 aliphatic rings. The lowest BCUT2D eigenvalue weighted by Crippen LogP contribution is -2.41. The number of unbranched alkanes of at least 4 members (excludes halogenated alkanes) is 3. The predicted octanol–water partition coefficient (Wildman–Crippen LogP) is 2.09. The van der Waals surface area contributed by atoms with Gasteiger partial charge in [-0.25, -0.2) is 33.6 Å². The van der Waals surface area contributed by atoms with Gasteiger partial charge in [0.2, 0.25) is 0 Å². The Balaban J connectivity index is 5.37. The number of hydrogen-bond acceptors (Lipinski definition) is 17. The van der Waals surface area contributed by atoms with Crippen LogP contribution in [0.1, 0.15) is 64.2 Å². The standard InChI is InChI=1S/C33H55N5O17/c1-21(20-22(25(39)47-2)14-8-11-17-34-28(42)50-5)53-33(54-29(43)35-18-12-9-15-23(26(40)48-3)37-31(45)51-6)55-30(44)36-19-13-10-16-24(27(41)49-4)38-32(46)52-7/h22-24,33H,1,8-20H2,2-7H3,(H,34,42)(H,35,43)(H,36,44)(H,37,45)(H,38,46). The topological polar surface area (TPSA) is 280 Å². The van der Waals surface area contributed by atoms with Gasteiger partial charge in [0, 0.05) is 26.1 Å². The number of alkyl carbamates (subject to hydrolysis) is 5. The summed E-state index contributed by atoms with van der Waals surface area (Å²) in [6, 6.07) is -1.95. The van der Waals surface area contributed by atoms with Crippen molar-refractivity contribution < 1.29 is 81.0 Å². The molecule has 0 spiro atoms. The summed E-state index contributed by atoms with van der Waals surface area (Å²) in [4.78, 5) is 96.0. The first-order valence-electron chi connectivity index (χ1n) is 17.2. The number of hydrogen-bond donors (Lipinski definition) is 5. The van der Waals surface area contributed by atoms with Crippen LogP contribution in [-0.4, -0.2) is 129 Å². The van der Waals surface area contributed by atoms with Crippen LogP contribution in [0.25, 0.3) is 0 Å². The van der Waals surface area contributed by atoms with Crippen molar-refractivity contribution >= 4 is 48.4 Å². The first-order chi connectivity index (χ1) is 26.2. The van der Waals surface area contributed by atoms with Crippen molar-refractivity contribution in [2.75, 3.05) is 62.3 Å². The van der Waals surface area contributed by atoms with Crippen LogP contribution in [0.2, 0.25) is 0 Å². The third kappa shape index (κ3) is 23.6. The van der Waals surface area contributed by atoms with Crippen molar-refractivity contribution in [3.63, 3.8) is 0 Å². The Morgan fingerprint density at radius 3 is 1.22 bits per heavy atom. The van der Waals surface area contributed by atoms with E-state index in [1.165, 1.54) is 28.4 Å². The van der Waals surface area contributed by atoms with Gasteiger partial charge in [0.25, 0.3) is 0 Å². The Hall–Kier alpha value is -5.70. The molecule has 5 amide bonds. The van der Waals surface area contributed by atoms with Crippen LogP contribution in [0.4, 0.5) is 24.0 Å². The molecule has 0 aliphatic heterocycles. The molecule has 55 heavy (non-hydrogen) atoms. The molecule has 22 heteroatoms. The van der Waals surface area contributed by atoms with E-state index in [-0.39, 0.29) is 38.1 Å². The molecule has 0 aromatic rings. The zero-order valence-corrected chi connectivity index (χ0v) is 32.1. The van der Waals surface area contributed by atoms with Gasteiger partial charge in [-0.1, -0.05) is 13.0 Å². The number of carbonyl (C=O) groups excluding carboxylic acids is 8. The van der Waals surface area contributed by atoms with Gasteiger partial charge in [-0.3, -0.25) is 4.79 Å². The van der Waals surface area contributed by atoms with Crippen molar-refractivity contribution in [2.24, 2.45) is 5.92 Å². The molecule has 0 fully saturated rings. The number of allylic oxidation sites excluding steroid dienone is 1. The predicted molar refractivity (Wildman–Crippen MR) is 188 cm³/mol. The summed E-state index contributed by atoms with van der Waals surface area (Å²) >= 11 is 0. The maximum atomic E-state index is 12.7. The van der Waals surface area contributed by atoms with Gasteiger partial charge >= 0.3 is 54.9 Å². The van der Waals surface area contributed by atoms with Crippen LogP contribution >= 0.6 is 0 Å². The van der Waals surface area contributed by atoms with E-state index < -0.39 is 72.9 Å². The van der Waals surface area contributed by atoms with Crippen LogP contribution in [0.5, 0.6) is 0 Å². The molecule has 0 heterocycles. The third-order valence-corrected chi connectivity index (χ3v) is 7.42. The molecule has 22 nitrogen and oxygen atoms in total. The highest BCUT2D eigenvalue weighted by Gasteiger charge is 2.27. The Morgan fingerprint density at radius 1 is 0.455 bits per heavy atom. The quantitative estimate of drug-likeness (QED) is 0.0276. The molecule has 0 bridgehead atoms. The fourth-order valence-corrected chi connectivity index (χ4v) is 4.55. The van der Waals surface area contributed by atoms with Crippen molar-refractivity contribution in [1.82, 2.24) is 26.6 Å². The van der Waals surface area contributed by atoms with Crippen LogP contribution in [-0.2, 0) is 57.0 Å². The van der Waals surface area contributed by atoms with Gasteiger partial charge in [0.15, 0.2) is 0 Å². The summed E-state index contributed by atoms with van der Waals surface area (Å²) in [6.07, 6.45) is -1.44. The fourth-order valence-electron chi connectivity index (χ4n) is 4.55. The first-order valence-corrected chi connectivity index (χ1v) is 17.2. The van der Waals surface area contributed by atoms with Crippen molar-refractivity contribution in [3.05, 3.63) is 12.3 Å². The molecule has 0 aromatic carbocycles. The van der Waals surface area contributed by atoms with E-state index >= 15 is 0 Å². The number of methoxy groups -OCH3 is 6. The molecule has 5 N–H and O–H groups in total. The molecule has 3 unspecified atom stereocenters. The van der Waals surface area contributed by atoms with E-state index in [1.807, 2.05) is 0 Å². The highest BCUT2D eigenvalue weighted by Crippen LogP contribution is 2.21. The normalized spacial score (nSPS) is 12.4. The zero-order chi connectivity index (χ0) is 41.6. The van der Waals surface area contributed by atoms with E-state index in [0.717, 1.165) is 14.2 Å². The first kappa shape index (κ1) is 49.3. The van der Waals surface area contributed by atoms with Gasteiger partial charge in [0.1, 0.15) is 12.1 Å². The van der Waals surface area contributed by atoms with Gasteiger partial charge in [-0.05, 0) is 51.4 Å². The lowest BCUT2D eigenvalue weighted by atomic mass is 9.97. The number of nitrogens with one attached hydrogen (secondary N) is 5. The minimum absolute atomic E-state index is 0.0392. The highest BCUT2D eigenvalue weighted by atomic mass is 16.9. The second kappa shape index (κ2) is 29.7. The molecule has 0 aromatic heterocycles. The molecule has 0 saturated heterocycles. The Labute approximate surface area is 319 Å². The van der Waals surface area contributed by atoms with E-state index in [9.17, 15) is 38.4 Å². The monoisotopic (exact) mass is 793 g/mol. The summed E-state index contributed by atoms with van der Waals surface area (Å²) in [6.45, 7) is 2.19. The molecule has 0 saturated carbocycles. The molecule has 0 radical (unpaired) electrons. The molecular weight excluding hydrogens is 738 g/mol. The van der Waals surface area contributed by atoms with Crippen molar-refractivity contribution in [1.29, 1.82) is 0 Å². The van der Waals surface area contributed by atoms with E-state index in [1.54, 1.807) is 0 Å². The van der Waals surface area contributed by atoms with Gasteiger partial charge in [-0.2, -0.15) is 0 Å². The molecular formula is C33H55N5O17. The fraction of sp³-hybridized carbons (Fsp3) is 0.697. The Morgan fingerprint density at radius 2 is 0.836 bits per heavy atom. The average molecular weight is 794 g/mol. The Bertz CT molecular complexity index is 1190. The smallest absolute Gasteiger partial charge is 0.412 e. The zero-order valence-electron chi connectivity index (χ0n) is 32.1. The van der Waals surface area contributed by atoms with Gasteiger partial charge < -0.3 is 69.2 Å². The van der Waals surface area contributed by atoms with Crippen molar-refractivity contribution in [2.45, 2.75) is 82.8 Å². The Kier molecular flexibility index (Phi) is 26.6. The van der Waals surface area contributed by atoms with Crippen LogP contribution < -0.4 is 26.6 Å². The highest BCUT2D eigenvalue weighted by molar-refractivity contribution is 5.81. The van der Waals surface area contributed by atoms with Gasteiger partial charge in [-0.15, -0.1) is 0 Å². The number of rotatable bonds is 26. The molecule has 314 valence electrons. The van der Waals surface area contributed by atoms with E-state index in [0.29, 0.717) is 51.5 Å². The lowest BCUT2D eigenvalue weighted by Gasteiger charge is -2.22. The molecule has 3 atom stereocenters. The minimum Gasteiger partial charge on any atom is -0.469 e. The SMILES string of the molecule is C=C(CC(CCCCNC(=O)OC)C(=O)OC)OC(OC(=O)NCCCCC(NC(=O)OC)C(=O)OC)OC(=O)NCCCCC(NC(=O)OC)C(=O)OC. The number of amides is 5. The summed E-state index contributed by atoms with van der Waals surface area (Å²) in [5.74, 6) is -2.78. The molecule has 0 aliphatic carbocycles. The summed E-state index contributed by atoms with van der Waals surface area (Å²) < 4.78 is 43.6. The second-order valence-corrected chi connectivity index (χ2v) is 11.4. The second-order valence-electron chi connectivity index (χ2n) is 11.4. The summed E-state index contributed by atoms with van der Waals surface area (Å²) in [5, 5.41) is 12.1. The largest absolute Gasteiger partial charge is 0.469 e. The van der Waals surface area contributed by atoms with Gasteiger partial charge in [0.05, 0.1) is 54.3 Å². The minimum atomic E-state index is -1.96. The number of ether oxygens (including phenoxy) is 9. The number of esters is 3. The number of carbonyl (C=O) groups is 8. The molecule has 0 rings (SSSR count). The lowest BCUT2D eigenvalue weighted by molar-refractivity contribution is -0.212. The van der Waals surface area contributed by atoms with E-state index in [2.05, 4.69) is 56.8 Å². The summed E-state index contributed by atoms with van der Waals surface area (Å²) in [5.41, 5.74) is 0. The third-order valence-electron chi connectivity index (χ3n) is 7.42. The summed E-state index contributed by atoms with van der Waals surface area (Å²) in [7, 11) is 7.06.